The largest absolute Gasteiger partial charge is 0.348 e. The minimum absolute atomic E-state index is 0.00874. The van der Waals surface area contributed by atoms with E-state index >= 15 is 0 Å². The molecule has 0 saturated carbocycles. The van der Waals surface area contributed by atoms with Crippen LogP contribution in [-0.2, 0) is 10.0 Å². The van der Waals surface area contributed by atoms with E-state index < -0.39 is 10.0 Å². The zero-order chi connectivity index (χ0) is 21.7. The van der Waals surface area contributed by atoms with E-state index in [1.807, 2.05) is 0 Å². The van der Waals surface area contributed by atoms with Crippen LogP contribution in [0.5, 0.6) is 0 Å². The minimum Gasteiger partial charge on any atom is -0.348 e. The van der Waals surface area contributed by atoms with Gasteiger partial charge in [0.25, 0.3) is 5.91 Å². The van der Waals surface area contributed by atoms with Gasteiger partial charge in [0, 0.05) is 50.2 Å². The van der Waals surface area contributed by atoms with Gasteiger partial charge >= 0.3 is 0 Å². The lowest BCUT2D eigenvalue weighted by atomic mass is 10.1. The summed E-state index contributed by atoms with van der Waals surface area (Å²) in [5.74, 6) is 0.476. The molecular formula is C22H29N5O3S. The predicted molar refractivity (Wildman–Crippen MR) is 118 cm³/mol. The number of rotatable bonds is 5. The van der Waals surface area contributed by atoms with E-state index in [2.05, 4.69) is 20.2 Å². The van der Waals surface area contributed by atoms with E-state index in [4.69, 9.17) is 0 Å². The van der Waals surface area contributed by atoms with Crippen molar-refractivity contribution in [2.45, 2.75) is 49.5 Å². The Morgan fingerprint density at radius 1 is 0.935 bits per heavy atom. The van der Waals surface area contributed by atoms with E-state index in [0.29, 0.717) is 31.1 Å². The third kappa shape index (κ3) is 5.22. The molecule has 2 aliphatic rings. The third-order valence-corrected chi connectivity index (χ3v) is 7.82. The second-order valence-corrected chi connectivity index (χ2v) is 10.1. The van der Waals surface area contributed by atoms with Crippen molar-refractivity contribution in [1.29, 1.82) is 0 Å². The first kappa shape index (κ1) is 21.7. The van der Waals surface area contributed by atoms with Crippen LogP contribution < -0.4 is 10.2 Å². The van der Waals surface area contributed by atoms with Gasteiger partial charge in [-0.15, -0.1) is 0 Å². The van der Waals surface area contributed by atoms with E-state index in [-0.39, 0.29) is 16.8 Å². The number of piperidine rings is 1. The molecule has 1 N–H and O–H groups in total. The Morgan fingerprint density at radius 2 is 1.61 bits per heavy atom. The third-order valence-electron chi connectivity index (χ3n) is 5.91. The van der Waals surface area contributed by atoms with Gasteiger partial charge in [0.15, 0.2) is 0 Å². The number of anilines is 1. The van der Waals surface area contributed by atoms with Crippen molar-refractivity contribution in [2.24, 2.45) is 0 Å². The molecule has 3 heterocycles. The quantitative estimate of drug-likeness (QED) is 0.763. The number of carbonyl (C=O) groups excluding carboxylic acids is 1. The zero-order valence-corrected chi connectivity index (χ0v) is 18.4. The van der Waals surface area contributed by atoms with Gasteiger partial charge in [-0.2, -0.15) is 4.31 Å². The van der Waals surface area contributed by atoms with Crippen LogP contribution in [0.15, 0.2) is 47.6 Å². The van der Waals surface area contributed by atoms with Crippen molar-refractivity contribution in [2.75, 3.05) is 31.1 Å². The molecule has 9 heteroatoms. The second-order valence-electron chi connectivity index (χ2n) is 8.15. The highest BCUT2D eigenvalue weighted by Crippen LogP contribution is 2.21. The van der Waals surface area contributed by atoms with Crippen LogP contribution in [0.2, 0.25) is 0 Å². The molecule has 2 fully saturated rings. The van der Waals surface area contributed by atoms with Crippen molar-refractivity contribution in [3.63, 3.8) is 0 Å². The van der Waals surface area contributed by atoms with Crippen molar-refractivity contribution < 1.29 is 13.2 Å². The second kappa shape index (κ2) is 9.74. The summed E-state index contributed by atoms with van der Waals surface area (Å²) >= 11 is 0. The highest BCUT2D eigenvalue weighted by atomic mass is 32.2. The Morgan fingerprint density at radius 3 is 2.29 bits per heavy atom. The van der Waals surface area contributed by atoms with Crippen molar-refractivity contribution in [3.05, 3.63) is 48.3 Å². The topological polar surface area (TPSA) is 95.5 Å². The number of hydrogen-bond donors (Lipinski definition) is 1. The Bertz CT molecular complexity index is 974. The lowest BCUT2D eigenvalue weighted by molar-refractivity contribution is 0.0933. The molecule has 31 heavy (non-hydrogen) atoms. The number of hydrogen-bond acceptors (Lipinski definition) is 6. The molecule has 0 radical (unpaired) electrons. The van der Waals surface area contributed by atoms with Crippen LogP contribution in [0, 0.1) is 0 Å². The van der Waals surface area contributed by atoms with Gasteiger partial charge in [0.1, 0.15) is 0 Å². The fourth-order valence-corrected chi connectivity index (χ4v) is 5.73. The van der Waals surface area contributed by atoms with E-state index in [0.717, 1.165) is 45.1 Å². The standard InChI is InChI=1S/C22H29N5O3S/c28-21(25-19-7-5-14-26(17-19)22-23-12-6-13-24-22)18-8-10-20(11-9-18)31(29,30)27-15-3-1-2-4-16-27/h6,8-13,19H,1-5,7,14-17H2,(H,25,28). The zero-order valence-electron chi connectivity index (χ0n) is 17.6. The number of aromatic nitrogens is 2. The summed E-state index contributed by atoms with van der Waals surface area (Å²) in [6.45, 7) is 2.64. The van der Waals surface area contributed by atoms with Crippen LogP contribution >= 0.6 is 0 Å². The molecule has 2 aromatic rings. The fourth-order valence-electron chi connectivity index (χ4n) is 4.21. The Balaban J connectivity index is 1.39. The van der Waals surface area contributed by atoms with Crippen LogP contribution in [-0.4, -0.2) is 60.8 Å². The molecule has 0 bridgehead atoms. The van der Waals surface area contributed by atoms with E-state index in [1.165, 1.54) is 0 Å². The number of sulfonamides is 1. The number of nitrogens with zero attached hydrogens (tertiary/aromatic N) is 4. The molecule has 0 aliphatic carbocycles. The molecule has 2 aliphatic heterocycles. The average Bonchev–Trinajstić information content (AvgIpc) is 3.10. The minimum atomic E-state index is -3.51. The van der Waals surface area contributed by atoms with E-state index in [9.17, 15) is 13.2 Å². The molecule has 4 rings (SSSR count). The Kier molecular flexibility index (Phi) is 6.82. The molecule has 2 saturated heterocycles. The SMILES string of the molecule is O=C(NC1CCCN(c2ncccn2)C1)c1ccc(S(=O)(=O)N2CCCCCC2)cc1. The van der Waals surface area contributed by atoms with Gasteiger partial charge in [-0.1, -0.05) is 12.8 Å². The lowest BCUT2D eigenvalue weighted by Gasteiger charge is -2.33. The Hall–Kier alpha value is -2.52. The molecular weight excluding hydrogens is 414 g/mol. The number of amides is 1. The molecule has 1 atom stereocenters. The van der Waals surface area contributed by atoms with Crippen molar-refractivity contribution >= 4 is 21.9 Å². The van der Waals surface area contributed by atoms with Gasteiger partial charge < -0.3 is 10.2 Å². The van der Waals surface area contributed by atoms with Crippen LogP contribution in [0.25, 0.3) is 0 Å². The first-order chi connectivity index (χ1) is 15.0. The highest BCUT2D eigenvalue weighted by molar-refractivity contribution is 7.89. The normalized spacial score (nSPS) is 20.8. The summed E-state index contributed by atoms with van der Waals surface area (Å²) < 4.78 is 27.4. The highest BCUT2D eigenvalue weighted by Gasteiger charge is 2.26. The summed E-state index contributed by atoms with van der Waals surface area (Å²) in [6.07, 6.45) is 9.18. The van der Waals surface area contributed by atoms with Crippen molar-refractivity contribution in [1.82, 2.24) is 19.6 Å². The number of benzene rings is 1. The summed E-state index contributed by atoms with van der Waals surface area (Å²) in [5.41, 5.74) is 0.461. The molecule has 1 aromatic heterocycles. The molecule has 1 amide bonds. The maximum atomic E-state index is 12.9. The van der Waals surface area contributed by atoms with Crippen molar-refractivity contribution in [3.8, 4) is 0 Å². The van der Waals surface area contributed by atoms with Gasteiger partial charge in [0.05, 0.1) is 4.90 Å². The predicted octanol–water partition coefficient (Wildman–Crippen LogP) is 2.44. The molecule has 1 aromatic carbocycles. The summed E-state index contributed by atoms with van der Waals surface area (Å²) in [4.78, 5) is 23.6. The summed E-state index contributed by atoms with van der Waals surface area (Å²) in [7, 11) is -3.51. The van der Waals surface area contributed by atoms with Crippen LogP contribution in [0.1, 0.15) is 48.9 Å². The summed E-state index contributed by atoms with van der Waals surface area (Å²) in [5, 5.41) is 3.07. The first-order valence-corrected chi connectivity index (χ1v) is 12.4. The van der Waals surface area contributed by atoms with Crippen LogP contribution in [0.4, 0.5) is 5.95 Å². The molecule has 1 unspecified atom stereocenters. The van der Waals surface area contributed by atoms with Gasteiger partial charge in [-0.05, 0) is 56.0 Å². The van der Waals surface area contributed by atoms with Crippen LogP contribution in [0.3, 0.4) is 0 Å². The van der Waals surface area contributed by atoms with Gasteiger partial charge in [-0.3, -0.25) is 4.79 Å². The first-order valence-electron chi connectivity index (χ1n) is 11.0. The number of nitrogens with one attached hydrogen (secondary N) is 1. The fraction of sp³-hybridized carbons (Fsp3) is 0.500. The maximum Gasteiger partial charge on any atom is 0.251 e. The number of carbonyl (C=O) groups is 1. The van der Waals surface area contributed by atoms with Gasteiger partial charge in [-0.25, -0.2) is 18.4 Å². The molecule has 166 valence electrons. The maximum absolute atomic E-state index is 12.9. The average molecular weight is 444 g/mol. The summed E-state index contributed by atoms with van der Waals surface area (Å²) in [6, 6.07) is 8.05. The van der Waals surface area contributed by atoms with Gasteiger partial charge in [0.2, 0.25) is 16.0 Å². The van der Waals surface area contributed by atoms with E-state index in [1.54, 1.807) is 47.0 Å². The molecule has 0 spiro atoms. The smallest absolute Gasteiger partial charge is 0.251 e. The molecule has 8 nitrogen and oxygen atoms in total. The lowest BCUT2D eigenvalue weighted by Crippen LogP contribution is -2.48. The Labute approximate surface area is 183 Å². The monoisotopic (exact) mass is 443 g/mol.